The Morgan fingerprint density at radius 1 is 1.50 bits per heavy atom. The number of hydrogen-bond acceptors (Lipinski definition) is 3. The number of aryl methyl sites for hydroxylation is 1. The molecule has 0 spiro atoms. The number of rotatable bonds is 3. The van der Waals surface area contributed by atoms with E-state index in [1.807, 2.05) is 4.90 Å². The van der Waals surface area contributed by atoms with E-state index in [4.69, 9.17) is 0 Å². The minimum absolute atomic E-state index is 0.104. The third-order valence-electron chi connectivity index (χ3n) is 4.24. The van der Waals surface area contributed by atoms with E-state index in [2.05, 4.69) is 38.2 Å². The fraction of sp³-hybridized carbons (Fsp3) is 0.643. The van der Waals surface area contributed by atoms with Crippen LogP contribution in [0.1, 0.15) is 36.2 Å². The number of carbonyl (C=O) groups excluding carboxylic acids is 1. The second kappa shape index (κ2) is 4.07. The quantitative estimate of drug-likeness (QED) is 0.910. The van der Waals surface area contributed by atoms with Crippen molar-refractivity contribution in [1.82, 2.24) is 10.2 Å². The van der Waals surface area contributed by atoms with Crippen LogP contribution < -0.4 is 5.32 Å². The molecule has 1 aliphatic heterocycles. The monoisotopic (exact) mass is 264 g/mol. The molecule has 1 saturated carbocycles. The van der Waals surface area contributed by atoms with Gasteiger partial charge in [0.2, 0.25) is 5.91 Å². The molecule has 3 rings (SSSR count). The van der Waals surface area contributed by atoms with Crippen LogP contribution >= 0.6 is 11.3 Å². The van der Waals surface area contributed by atoms with Gasteiger partial charge in [-0.15, -0.1) is 11.3 Å². The average Bonchev–Trinajstić information content (AvgIpc) is 2.67. The first-order valence-corrected chi connectivity index (χ1v) is 7.38. The molecule has 2 heterocycles. The van der Waals surface area contributed by atoms with Crippen LogP contribution in [0.15, 0.2) is 12.1 Å². The molecule has 2 aliphatic rings. The smallest absolute Gasteiger partial charge is 0.238 e. The van der Waals surface area contributed by atoms with Crippen molar-refractivity contribution in [2.75, 3.05) is 13.1 Å². The number of hydrogen-bond donors (Lipinski definition) is 1. The zero-order valence-electron chi connectivity index (χ0n) is 11.2. The standard InChI is InChI=1S/C14H20N2OS/c1-9-4-5-11(18-9)13-15-7-12(17)16(13)8-10-6-14(10,2)3/h4-5,10,13,15H,6-8H2,1-3H3. The molecule has 2 fully saturated rings. The van der Waals surface area contributed by atoms with Gasteiger partial charge in [0.25, 0.3) is 0 Å². The summed E-state index contributed by atoms with van der Waals surface area (Å²) in [6, 6.07) is 4.27. The Kier molecular flexibility index (Phi) is 2.75. The Hall–Kier alpha value is -0.870. The maximum absolute atomic E-state index is 12.0. The van der Waals surface area contributed by atoms with Gasteiger partial charge in [-0.3, -0.25) is 10.1 Å². The lowest BCUT2D eigenvalue weighted by Crippen LogP contribution is -2.32. The molecule has 18 heavy (non-hydrogen) atoms. The fourth-order valence-corrected chi connectivity index (χ4v) is 3.69. The highest BCUT2D eigenvalue weighted by molar-refractivity contribution is 7.12. The molecule has 1 amide bonds. The highest BCUT2D eigenvalue weighted by Gasteiger charge is 2.48. The summed E-state index contributed by atoms with van der Waals surface area (Å²) < 4.78 is 0. The van der Waals surface area contributed by atoms with Crippen molar-refractivity contribution >= 4 is 17.2 Å². The van der Waals surface area contributed by atoms with Crippen molar-refractivity contribution in [2.45, 2.75) is 33.4 Å². The predicted octanol–water partition coefficient (Wildman–Crippen LogP) is 2.53. The van der Waals surface area contributed by atoms with Crippen LogP contribution in [0.3, 0.4) is 0 Å². The summed E-state index contributed by atoms with van der Waals surface area (Å²) in [5.41, 5.74) is 0.429. The zero-order valence-corrected chi connectivity index (χ0v) is 12.0. The molecule has 1 aromatic heterocycles. The van der Waals surface area contributed by atoms with Gasteiger partial charge >= 0.3 is 0 Å². The lowest BCUT2D eigenvalue weighted by Gasteiger charge is -2.24. The second-order valence-electron chi connectivity index (χ2n) is 6.17. The Morgan fingerprint density at radius 3 is 2.78 bits per heavy atom. The first-order valence-electron chi connectivity index (χ1n) is 6.56. The van der Waals surface area contributed by atoms with Crippen molar-refractivity contribution in [3.63, 3.8) is 0 Å². The minimum Gasteiger partial charge on any atom is -0.321 e. The molecule has 0 bridgehead atoms. The van der Waals surface area contributed by atoms with Gasteiger partial charge in [0.1, 0.15) is 6.17 Å². The maximum atomic E-state index is 12.0. The molecule has 1 aromatic rings. The van der Waals surface area contributed by atoms with Crippen molar-refractivity contribution in [3.05, 3.63) is 21.9 Å². The van der Waals surface area contributed by atoms with Crippen molar-refractivity contribution < 1.29 is 4.79 Å². The Balaban J connectivity index is 1.75. The third kappa shape index (κ3) is 2.08. The lowest BCUT2D eigenvalue weighted by atomic mass is 10.1. The summed E-state index contributed by atoms with van der Waals surface area (Å²) in [6.07, 6.45) is 1.35. The summed E-state index contributed by atoms with van der Waals surface area (Å²) in [6.45, 7) is 8.07. The second-order valence-corrected chi connectivity index (χ2v) is 7.49. The Morgan fingerprint density at radius 2 is 2.22 bits per heavy atom. The van der Waals surface area contributed by atoms with Crippen LogP contribution in [0.4, 0.5) is 0 Å². The van der Waals surface area contributed by atoms with Crippen molar-refractivity contribution in [2.24, 2.45) is 11.3 Å². The molecule has 1 aliphatic carbocycles. The number of amides is 1. The largest absolute Gasteiger partial charge is 0.321 e. The highest BCUT2D eigenvalue weighted by atomic mass is 32.1. The van der Waals surface area contributed by atoms with Gasteiger partial charge < -0.3 is 4.90 Å². The van der Waals surface area contributed by atoms with Crippen LogP contribution in [0.2, 0.25) is 0 Å². The van der Waals surface area contributed by atoms with E-state index in [-0.39, 0.29) is 12.1 Å². The number of carbonyl (C=O) groups is 1. The molecule has 0 radical (unpaired) electrons. The summed E-state index contributed by atoms with van der Waals surface area (Å²) in [5.74, 6) is 0.915. The SMILES string of the molecule is Cc1ccc(C2NCC(=O)N2CC2CC2(C)C)s1. The molecule has 4 heteroatoms. The summed E-state index contributed by atoms with van der Waals surface area (Å²) in [5, 5.41) is 3.33. The molecule has 2 atom stereocenters. The molecular formula is C14H20N2OS. The van der Waals surface area contributed by atoms with E-state index in [1.54, 1.807) is 11.3 Å². The number of thiophene rings is 1. The molecular weight excluding hydrogens is 244 g/mol. The molecule has 1 saturated heterocycles. The fourth-order valence-electron chi connectivity index (χ4n) is 2.73. The average molecular weight is 264 g/mol. The molecule has 1 N–H and O–H groups in total. The van der Waals surface area contributed by atoms with Crippen molar-refractivity contribution in [1.29, 1.82) is 0 Å². The molecule has 0 aromatic carbocycles. The number of nitrogens with one attached hydrogen (secondary N) is 1. The van der Waals surface area contributed by atoms with Gasteiger partial charge in [-0.05, 0) is 36.8 Å². The summed E-state index contributed by atoms with van der Waals surface area (Å²) >= 11 is 1.78. The van der Waals surface area contributed by atoms with E-state index in [0.29, 0.717) is 17.9 Å². The Bertz CT molecular complexity index is 480. The minimum atomic E-state index is 0.104. The van der Waals surface area contributed by atoms with Crippen LogP contribution in [0.25, 0.3) is 0 Å². The topological polar surface area (TPSA) is 32.3 Å². The van der Waals surface area contributed by atoms with Gasteiger partial charge in [0.05, 0.1) is 6.54 Å². The lowest BCUT2D eigenvalue weighted by molar-refractivity contribution is -0.128. The van der Waals surface area contributed by atoms with Crippen LogP contribution in [-0.4, -0.2) is 23.9 Å². The molecule has 2 unspecified atom stereocenters. The van der Waals surface area contributed by atoms with Crippen molar-refractivity contribution in [3.8, 4) is 0 Å². The van der Waals surface area contributed by atoms with E-state index in [1.165, 1.54) is 16.2 Å². The van der Waals surface area contributed by atoms with Gasteiger partial charge in [0.15, 0.2) is 0 Å². The van der Waals surface area contributed by atoms with Gasteiger partial charge in [-0.25, -0.2) is 0 Å². The van der Waals surface area contributed by atoms with E-state index < -0.39 is 0 Å². The summed E-state index contributed by atoms with van der Waals surface area (Å²) in [7, 11) is 0. The van der Waals surface area contributed by atoms with E-state index in [0.717, 1.165) is 6.54 Å². The zero-order chi connectivity index (χ0) is 12.9. The van der Waals surface area contributed by atoms with Crippen LogP contribution in [-0.2, 0) is 4.79 Å². The molecule has 3 nitrogen and oxygen atoms in total. The predicted molar refractivity (Wildman–Crippen MR) is 73.4 cm³/mol. The maximum Gasteiger partial charge on any atom is 0.238 e. The van der Waals surface area contributed by atoms with Gasteiger partial charge in [-0.2, -0.15) is 0 Å². The van der Waals surface area contributed by atoms with E-state index >= 15 is 0 Å². The first kappa shape index (κ1) is 12.2. The Labute approximate surface area is 112 Å². The van der Waals surface area contributed by atoms with Gasteiger partial charge in [0, 0.05) is 16.3 Å². The summed E-state index contributed by atoms with van der Waals surface area (Å²) in [4.78, 5) is 16.6. The van der Waals surface area contributed by atoms with Crippen LogP contribution in [0, 0.1) is 18.3 Å². The highest BCUT2D eigenvalue weighted by Crippen LogP contribution is 2.52. The van der Waals surface area contributed by atoms with Gasteiger partial charge in [-0.1, -0.05) is 13.8 Å². The number of nitrogens with zero attached hydrogens (tertiary/aromatic N) is 1. The molecule has 98 valence electrons. The normalized spacial score (nSPS) is 29.9. The third-order valence-corrected chi connectivity index (χ3v) is 5.30. The first-order chi connectivity index (χ1) is 8.47. The van der Waals surface area contributed by atoms with E-state index in [9.17, 15) is 4.79 Å². The van der Waals surface area contributed by atoms with Crippen LogP contribution in [0.5, 0.6) is 0 Å².